The lowest BCUT2D eigenvalue weighted by Crippen LogP contribution is -2.06. The van der Waals surface area contributed by atoms with Gasteiger partial charge in [0.05, 0.1) is 11.9 Å². The van der Waals surface area contributed by atoms with Crippen molar-refractivity contribution < 1.29 is 0 Å². The van der Waals surface area contributed by atoms with Crippen LogP contribution in [0.1, 0.15) is 5.56 Å². The van der Waals surface area contributed by atoms with Crippen LogP contribution >= 0.6 is 27.5 Å². The summed E-state index contributed by atoms with van der Waals surface area (Å²) in [7, 11) is 2.00. The zero-order valence-electron chi connectivity index (χ0n) is 12.1. The van der Waals surface area contributed by atoms with Crippen LogP contribution in [0.2, 0.25) is 5.02 Å². The summed E-state index contributed by atoms with van der Waals surface area (Å²) in [6.07, 6.45) is 1.87. The molecule has 0 aliphatic heterocycles. The minimum atomic E-state index is 0.643. The van der Waals surface area contributed by atoms with Crippen LogP contribution in [-0.4, -0.2) is 9.55 Å². The first-order chi connectivity index (χ1) is 10.6. The van der Waals surface area contributed by atoms with Crippen LogP contribution in [0.15, 0.2) is 59.2 Å². The Bertz CT molecular complexity index is 781. The first kappa shape index (κ1) is 15.1. The molecule has 3 rings (SSSR count). The maximum atomic E-state index is 6.17. The van der Waals surface area contributed by atoms with Crippen molar-refractivity contribution in [3.8, 4) is 11.3 Å². The fraction of sp³-hybridized carbons (Fsp3) is 0.118. The summed E-state index contributed by atoms with van der Waals surface area (Å²) in [5.41, 5.74) is 3.25. The Kier molecular flexibility index (Phi) is 4.50. The van der Waals surface area contributed by atoms with Crippen molar-refractivity contribution >= 4 is 33.5 Å². The van der Waals surface area contributed by atoms with Gasteiger partial charge >= 0.3 is 0 Å². The second-order valence-corrected chi connectivity index (χ2v) is 6.30. The molecule has 0 unspecified atom stereocenters. The van der Waals surface area contributed by atoms with E-state index in [0.29, 0.717) is 6.54 Å². The summed E-state index contributed by atoms with van der Waals surface area (Å²) in [6, 6.07) is 16.0. The number of halogens is 2. The number of imidazole rings is 1. The Morgan fingerprint density at radius 2 is 1.86 bits per heavy atom. The first-order valence-corrected chi connectivity index (χ1v) is 8.07. The zero-order chi connectivity index (χ0) is 15.5. The number of rotatable bonds is 4. The van der Waals surface area contributed by atoms with E-state index in [1.165, 1.54) is 0 Å². The van der Waals surface area contributed by atoms with Gasteiger partial charge in [0.15, 0.2) is 0 Å². The van der Waals surface area contributed by atoms with Gasteiger partial charge in [-0.25, -0.2) is 4.98 Å². The molecule has 0 spiro atoms. The number of nitrogens with one attached hydrogen (secondary N) is 1. The van der Waals surface area contributed by atoms with Crippen molar-refractivity contribution in [2.24, 2.45) is 7.05 Å². The average Bonchev–Trinajstić information content (AvgIpc) is 2.88. The van der Waals surface area contributed by atoms with Crippen LogP contribution in [0.3, 0.4) is 0 Å². The maximum absolute atomic E-state index is 6.17. The van der Waals surface area contributed by atoms with Crippen molar-refractivity contribution in [1.29, 1.82) is 0 Å². The number of hydrogen-bond donors (Lipinski definition) is 1. The van der Waals surface area contributed by atoms with Crippen molar-refractivity contribution in [3.05, 3.63) is 69.8 Å². The summed E-state index contributed by atoms with van der Waals surface area (Å²) in [5, 5.41) is 4.09. The molecule has 0 saturated heterocycles. The molecule has 0 aliphatic rings. The Morgan fingerprint density at radius 3 is 2.59 bits per heavy atom. The van der Waals surface area contributed by atoms with E-state index in [4.69, 9.17) is 11.6 Å². The van der Waals surface area contributed by atoms with E-state index in [1.807, 2.05) is 54.2 Å². The second-order valence-electron chi connectivity index (χ2n) is 4.98. The van der Waals surface area contributed by atoms with Gasteiger partial charge in [0.2, 0.25) is 5.95 Å². The Balaban J connectivity index is 1.79. The van der Waals surface area contributed by atoms with Gasteiger partial charge < -0.3 is 9.88 Å². The second kappa shape index (κ2) is 6.55. The number of benzene rings is 2. The molecule has 2 aromatic carbocycles. The van der Waals surface area contributed by atoms with E-state index in [9.17, 15) is 0 Å². The molecule has 1 N–H and O–H groups in total. The molecule has 1 heterocycles. The Morgan fingerprint density at radius 1 is 1.14 bits per heavy atom. The molecule has 0 bridgehead atoms. The molecule has 0 amide bonds. The normalized spacial score (nSPS) is 10.7. The quantitative estimate of drug-likeness (QED) is 0.685. The third kappa shape index (κ3) is 3.18. The lowest BCUT2D eigenvalue weighted by atomic mass is 10.2. The van der Waals surface area contributed by atoms with Crippen LogP contribution < -0.4 is 5.32 Å². The molecule has 1 aromatic heterocycles. The fourth-order valence-corrected chi connectivity index (χ4v) is 2.75. The summed E-state index contributed by atoms with van der Waals surface area (Å²) < 4.78 is 3.11. The third-order valence-corrected chi connectivity index (χ3v) is 4.42. The van der Waals surface area contributed by atoms with E-state index in [0.717, 1.165) is 32.3 Å². The highest BCUT2D eigenvalue weighted by Crippen LogP contribution is 2.24. The molecule has 0 fully saturated rings. The largest absolute Gasteiger partial charge is 0.352 e. The lowest BCUT2D eigenvalue weighted by Gasteiger charge is -2.09. The Labute approximate surface area is 143 Å². The van der Waals surface area contributed by atoms with E-state index in [2.05, 4.69) is 38.4 Å². The van der Waals surface area contributed by atoms with E-state index in [-0.39, 0.29) is 0 Å². The van der Waals surface area contributed by atoms with Gasteiger partial charge in [0.1, 0.15) is 0 Å². The van der Waals surface area contributed by atoms with Crippen LogP contribution in [-0.2, 0) is 13.6 Å². The highest BCUT2D eigenvalue weighted by Gasteiger charge is 2.08. The van der Waals surface area contributed by atoms with Gasteiger partial charge in [-0.2, -0.15) is 0 Å². The topological polar surface area (TPSA) is 29.9 Å². The predicted molar refractivity (Wildman–Crippen MR) is 95.1 cm³/mol. The van der Waals surface area contributed by atoms with Gasteiger partial charge in [-0.1, -0.05) is 57.9 Å². The summed E-state index contributed by atoms with van der Waals surface area (Å²) in [5.74, 6) is 0.817. The lowest BCUT2D eigenvalue weighted by molar-refractivity contribution is 0.907. The predicted octanol–water partition coefficient (Wildman–Crippen LogP) is 5.12. The van der Waals surface area contributed by atoms with Crippen molar-refractivity contribution in [3.63, 3.8) is 0 Å². The Hall–Kier alpha value is -1.78. The minimum Gasteiger partial charge on any atom is -0.352 e. The highest BCUT2D eigenvalue weighted by molar-refractivity contribution is 9.10. The molecule has 0 saturated carbocycles. The van der Waals surface area contributed by atoms with Crippen molar-refractivity contribution in [2.45, 2.75) is 6.54 Å². The molecular weight excluding hydrogens is 362 g/mol. The van der Waals surface area contributed by atoms with Crippen LogP contribution in [0.5, 0.6) is 0 Å². The minimum absolute atomic E-state index is 0.643. The molecule has 0 atom stereocenters. The van der Waals surface area contributed by atoms with Gasteiger partial charge in [0, 0.05) is 23.1 Å². The monoisotopic (exact) mass is 375 g/mol. The third-order valence-electron chi connectivity index (χ3n) is 3.52. The summed E-state index contributed by atoms with van der Waals surface area (Å²) in [6.45, 7) is 0.643. The average molecular weight is 377 g/mol. The highest BCUT2D eigenvalue weighted by atomic mass is 79.9. The first-order valence-electron chi connectivity index (χ1n) is 6.90. The fourth-order valence-electron chi connectivity index (χ4n) is 2.28. The van der Waals surface area contributed by atoms with Gasteiger partial charge in [0.25, 0.3) is 0 Å². The maximum Gasteiger partial charge on any atom is 0.203 e. The summed E-state index contributed by atoms with van der Waals surface area (Å²) in [4.78, 5) is 4.46. The molecule has 22 heavy (non-hydrogen) atoms. The van der Waals surface area contributed by atoms with Crippen LogP contribution in [0, 0.1) is 0 Å². The van der Waals surface area contributed by atoms with Gasteiger partial charge in [-0.15, -0.1) is 0 Å². The van der Waals surface area contributed by atoms with E-state index in [1.54, 1.807) is 0 Å². The number of aromatic nitrogens is 2. The number of anilines is 1. The van der Waals surface area contributed by atoms with Gasteiger partial charge in [-0.05, 0) is 29.3 Å². The van der Waals surface area contributed by atoms with Crippen molar-refractivity contribution in [2.75, 3.05) is 5.32 Å². The molecule has 112 valence electrons. The molecule has 0 radical (unpaired) electrons. The van der Waals surface area contributed by atoms with Crippen LogP contribution in [0.25, 0.3) is 11.3 Å². The van der Waals surface area contributed by atoms with Crippen LogP contribution in [0.4, 0.5) is 5.95 Å². The molecule has 3 aromatic rings. The molecule has 3 nitrogen and oxygen atoms in total. The van der Waals surface area contributed by atoms with Gasteiger partial charge in [-0.3, -0.25) is 0 Å². The standard InChI is InChI=1S/C17H15BrClN3/c1-22-16(12-6-8-14(18)9-7-12)11-21-17(22)20-10-13-4-2-3-5-15(13)19/h2-9,11H,10H2,1H3,(H,20,21). The summed E-state index contributed by atoms with van der Waals surface area (Å²) >= 11 is 9.63. The molecular formula is C17H15BrClN3. The smallest absolute Gasteiger partial charge is 0.203 e. The number of nitrogens with zero attached hydrogens (tertiary/aromatic N) is 2. The number of hydrogen-bond acceptors (Lipinski definition) is 2. The SMILES string of the molecule is Cn1c(-c2ccc(Br)cc2)cnc1NCc1ccccc1Cl. The van der Waals surface area contributed by atoms with E-state index >= 15 is 0 Å². The van der Waals surface area contributed by atoms with Crippen molar-refractivity contribution in [1.82, 2.24) is 9.55 Å². The van der Waals surface area contributed by atoms with E-state index < -0.39 is 0 Å². The zero-order valence-corrected chi connectivity index (χ0v) is 14.4. The molecule has 0 aliphatic carbocycles. The molecule has 5 heteroatoms.